The summed E-state index contributed by atoms with van der Waals surface area (Å²) in [5.41, 5.74) is 1.12. The normalized spacial score (nSPS) is 11.4. The summed E-state index contributed by atoms with van der Waals surface area (Å²) in [5, 5.41) is 4.87. The summed E-state index contributed by atoms with van der Waals surface area (Å²) in [6, 6.07) is 10.1. The smallest absolute Gasteiger partial charge is 0.255 e. The van der Waals surface area contributed by atoms with Crippen LogP contribution in [0.15, 0.2) is 52.9 Å². The van der Waals surface area contributed by atoms with Crippen LogP contribution < -0.4 is 5.32 Å². The van der Waals surface area contributed by atoms with Crippen molar-refractivity contribution >= 4 is 27.0 Å². The summed E-state index contributed by atoms with van der Waals surface area (Å²) in [5.74, 6) is -0.615. The molecule has 0 saturated carbocycles. The molecule has 0 aliphatic carbocycles. The van der Waals surface area contributed by atoms with E-state index in [4.69, 9.17) is 0 Å². The average molecular weight is 363 g/mol. The number of nitrogens with one attached hydrogen (secondary N) is 1. The van der Waals surface area contributed by atoms with E-state index in [0.717, 1.165) is 11.1 Å². The quantitative estimate of drug-likeness (QED) is 0.752. The number of hydrogen-bond donors (Lipinski definition) is 1. The van der Waals surface area contributed by atoms with Gasteiger partial charge < -0.3 is 5.32 Å². The lowest BCUT2D eigenvalue weighted by atomic mass is 10.2. The number of thiophene rings is 1. The first-order valence-corrected chi connectivity index (χ1v) is 9.80. The third-order valence-electron chi connectivity index (χ3n) is 3.32. The van der Waals surface area contributed by atoms with Crippen LogP contribution in [0.25, 0.3) is 11.3 Å². The Morgan fingerprint density at radius 2 is 1.96 bits per heavy atom. The summed E-state index contributed by atoms with van der Waals surface area (Å²) in [6.07, 6.45) is 2.47. The van der Waals surface area contributed by atoms with E-state index >= 15 is 0 Å². The minimum absolute atomic E-state index is 0.0630. The number of anilines is 1. The highest BCUT2D eigenvalue weighted by Gasteiger charge is 2.11. The van der Waals surface area contributed by atoms with Gasteiger partial charge in [0.05, 0.1) is 23.3 Å². The molecule has 0 saturated heterocycles. The Hall–Kier alpha value is -2.32. The fourth-order valence-corrected chi connectivity index (χ4v) is 3.36. The molecule has 3 rings (SSSR count). The highest BCUT2D eigenvalue weighted by atomic mass is 32.2. The lowest BCUT2D eigenvalue weighted by Gasteiger charge is -2.08. The fraction of sp³-hybridized carbons (Fsp3) is 0.125. The number of aromatic nitrogens is 2. The van der Waals surface area contributed by atoms with E-state index in [9.17, 15) is 12.8 Å². The maximum absolute atomic E-state index is 13.8. The lowest BCUT2D eigenvalue weighted by Crippen LogP contribution is -2.05. The van der Waals surface area contributed by atoms with Crippen LogP contribution in [0, 0.1) is 5.95 Å². The number of rotatable bonds is 5. The highest BCUT2D eigenvalue weighted by Crippen LogP contribution is 2.22. The van der Waals surface area contributed by atoms with Crippen LogP contribution in [0.2, 0.25) is 0 Å². The number of benzene rings is 1. The summed E-state index contributed by atoms with van der Waals surface area (Å²) >= 11 is 1.56. The number of nitrogens with zero attached hydrogens (tertiary/aromatic N) is 2. The summed E-state index contributed by atoms with van der Waals surface area (Å²) in [6.45, 7) is 0.458. The average Bonchev–Trinajstić information content (AvgIpc) is 3.07. The first kappa shape index (κ1) is 16.5. The van der Waals surface area contributed by atoms with Crippen LogP contribution in [0.5, 0.6) is 0 Å². The molecule has 0 amide bonds. The molecule has 8 heteroatoms. The van der Waals surface area contributed by atoms with Gasteiger partial charge in [-0.15, -0.1) is 11.3 Å². The molecule has 2 heterocycles. The maximum Gasteiger partial charge on any atom is 0.255 e. The van der Waals surface area contributed by atoms with Crippen molar-refractivity contribution in [3.8, 4) is 11.3 Å². The molecule has 5 nitrogen and oxygen atoms in total. The second kappa shape index (κ2) is 6.66. The van der Waals surface area contributed by atoms with Gasteiger partial charge in [0.2, 0.25) is 0 Å². The molecule has 0 radical (unpaired) electrons. The van der Waals surface area contributed by atoms with Gasteiger partial charge in [0, 0.05) is 16.7 Å². The third-order valence-corrected chi connectivity index (χ3v) is 5.32. The molecule has 0 bridgehead atoms. The van der Waals surface area contributed by atoms with Gasteiger partial charge >= 0.3 is 0 Å². The number of hydrogen-bond acceptors (Lipinski definition) is 6. The highest BCUT2D eigenvalue weighted by molar-refractivity contribution is 7.90. The van der Waals surface area contributed by atoms with Gasteiger partial charge in [-0.25, -0.2) is 18.4 Å². The molecular weight excluding hydrogens is 349 g/mol. The largest absolute Gasteiger partial charge is 0.361 e. The van der Waals surface area contributed by atoms with Crippen LogP contribution in [-0.2, 0) is 16.4 Å². The number of sulfone groups is 1. The molecule has 1 N–H and O–H groups in total. The Labute approximate surface area is 143 Å². The summed E-state index contributed by atoms with van der Waals surface area (Å²) in [4.78, 5) is 9.23. The first-order chi connectivity index (χ1) is 11.4. The zero-order valence-electron chi connectivity index (χ0n) is 12.7. The van der Waals surface area contributed by atoms with Gasteiger partial charge in [0.15, 0.2) is 15.7 Å². The van der Waals surface area contributed by atoms with Crippen molar-refractivity contribution in [2.45, 2.75) is 11.4 Å². The molecule has 1 aromatic carbocycles. The Bertz CT molecular complexity index is 940. The molecule has 0 fully saturated rings. The van der Waals surface area contributed by atoms with Gasteiger partial charge in [-0.1, -0.05) is 18.2 Å². The predicted octanol–water partition coefficient (Wildman–Crippen LogP) is 3.36. The van der Waals surface area contributed by atoms with Crippen molar-refractivity contribution in [2.24, 2.45) is 0 Å². The fourth-order valence-electron chi connectivity index (χ4n) is 2.08. The summed E-state index contributed by atoms with van der Waals surface area (Å²) in [7, 11) is -3.26. The molecule has 24 heavy (non-hydrogen) atoms. The van der Waals surface area contributed by atoms with Crippen LogP contribution in [0.3, 0.4) is 0 Å². The lowest BCUT2D eigenvalue weighted by molar-refractivity contribution is 0.581. The van der Waals surface area contributed by atoms with Crippen molar-refractivity contribution in [3.63, 3.8) is 0 Å². The van der Waals surface area contributed by atoms with E-state index in [1.807, 2.05) is 17.5 Å². The topological polar surface area (TPSA) is 72.0 Å². The second-order valence-electron chi connectivity index (χ2n) is 5.12. The molecule has 124 valence electrons. The Morgan fingerprint density at radius 1 is 1.21 bits per heavy atom. The first-order valence-electron chi connectivity index (χ1n) is 7.03. The van der Waals surface area contributed by atoms with Crippen LogP contribution in [0.1, 0.15) is 4.88 Å². The second-order valence-corrected chi connectivity index (χ2v) is 8.17. The minimum atomic E-state index is -3.26. The van der Waals surface area contributed by atoms with Crippen molar-refractivity contribution in [3.05, 3.63) is 58.8 Å². The van der Waals surface area contributed by atoms with Gasteiger partial charge in [0.1, 0.15) is 0 Å². The zero-order valence-corrected chi connectivity index (χ0v) is 14.4. The molecule has 0 spiro atoms. The van der Waals surface area contributed by atoms with Crippen LogP contribution in [-0.4, -0.2) is 24.6 Å². The van der Waals surface area contributed by atoms with Crippen molar-refractivity contribution in [2.75, 3.05) is 11.6 Å². The van der Waals surface area contributed by atoms with Crippen molar-refractivity contribution < 1.29 is 12.8 Å². The van der Waals surface area contributed by atoms with E-state index in [0.29, 0.717) is 17.8 Å². The Morgan fingerprint density at radius 3 is 2.58 bits per heavy atom. The number of halogens is 1. The monoisotopic (exact) mass is 363 g/mol. The molecule has 0 atom stereocenters. The molecule has 0 aliphatic rings. The standard InChI is InChI=1S/C16H14FN3O2S2/c1-24(21,22)13-6-4-11(5-7-13)14-10-18-15(17)16(20-14)19-9-12-3-2-8-23-12/h2-8,10H,9H2,1H3,(H,19,20). The van der Waals surface area contributed by atoms with Gasteiger partial charge in [-0.3, -0.25) is 0 Å². The SMILES string of the molecule is CS(=O)(=O)c1ccc(-c2cnc(F)c(NCc3cccs3)n2)cc1. The van der Waals surface area contributed by atoms with Crippen molar-refractivity contribution in [1.29, 1.82) is 0 Å². The van der Waals surface area contributed by atoms with Gasteiger partial charge in [-0.2, -0.15) is 4.39 Å². The molecular formula is C16H14FN3O2S2. The molecule has 2 aromatic heterocycles. The molecule has 3 aromatic rings. The van der Waals surface area contributed by atoms with E-state index in [1.165, 1.54) is 18.3 Å². The van der Waals surface area contributed by atoms with Crippen LogP contribution in [0.4, 0.5) is 10.2 Å². The summed E-state index contributed by atoms with van der Waals surface area (Å²) < 4.78 is 36.8. The van der Waals surface area contributed by atoms with E-state index < -0.39 is 15.8 Å². The minimum Gasteiger partial charge on any atom is -0.361 e. The van der Waals surface area contributed by atoms with Crippen LogP contribution >= 0.6 is 11.3 Å². The van der Waals surface area contributed by atoms with Gasteiger partial charge in [0.25, 0.3) is 5.95 Å². The Balaban J connectivity index is 1.85. The van der Waals surface area contributed by atoms with E-state index in [1.54, 1.807) is 23.5 Å². The van der Waals surface area contributed by atoms with E-state index in [2.05, 4.69) is 15.3 Å². The zero-order chi connectivity index (χ0) is 17.2. The molecule has 0 unspecified atom stereocenters. The predicted molar refractivity (Wildman–Crippen MR) is 92.2 cm³/mol. The third kappa shape index (κ3) is 3.77. The van der Waals surface area contributed by atoms with Crippen molar-refractivity contribution in [1.82, 2.24) is 9.97 Å². The Kier molecular flexibility index (Phi) is 4.59. The maximum atomic E-state index is 13.8. The molecule has 0 aliphatic heterocycles. The van der Waals surface area contributed by atoms with Gasteiger partial charge in [-0.05, 0) is 23.6 Å². The van der Waals surface area contributed by atoms with E-state index in [-0.39, 0.29) is 10.7 Å².